The first-order valence-electron chi connectivity index (χ1n) is 10.3. The first kappa shape index (κ1) is 20.8. The molecule has 0 radical (unpaired) electrons. The average Bonchev–Trinajstić information content (AvgIpc) is 3.15. The number of aromatic nitrogens is 3. The van der Waals surface area contributed by atoms with Crippen molar-refractivity contribution in [3.05, 3.63) is 65.5 Å². The van der Waals surface area contributed by atoms with E-state index < -0.39 is 0 Å². The van der Waals surface area contributed by atoms with Gasteiger partial charge in [0.15, 0.2) is 16.7 Å². The van der Waals surface area contributed by atoms with Crippen molar-refractivity contribution in [1.82, 2.24) is 19.7 Å². The van der Waals surface area contributed by atoms with E-state index in [-0.39, 0.29) is 5.75 Å². The molecule has 7 heteroatoms. The zero-order valence-electron chi connectivity index (χ0n) is 17.5. The highest BCUT2D eigenvalue weighted by Crippen LogP contribution is 2.33. The van der Waals surface area contributed by atoms with Gasteiger partial charge in [-0.2, -0.15) is 0 Å². The molecule has 2 heterocycles. The van der Waals surface area contributed by atoms with Gasteiger partial charge in [-0.25, -0.2) is 0 Å². The van der Waals surface area contributed by atoms with Crippen LogP contribution in [0, 0.1) is 0 Å². The number of aromatic hydroxyl groups is 1. The molecule has 6 nitrogen and oxygen atoms in total. The molecule has 1 atom stereocenters. The lowest BCUT2D eigenvalue weighted by atomic mass is 9.96. The van der Waals surface area contributed by atoms with E-state index in [1.54, 1.807) is 24.9 Å². The largest absolute Gasteiger partial charge is 0.504 e. The van der Waals surface area contributed by atoms with E-state index in [2.05, 4.69) is 51.0 Å². The van der Waals surface area contributed by atoms with Gasteiger partial charge in [0.2, 0.25) is 0 Å². The topological polar surface area (TPSA) is 63.4 Å². The normalized spacial score (nSPS) is 17.2. The Morgan fingerprint density at radius 2 is 1.97 bits per heavy atom. The van der Waals surface area contributed by atoms with E-state index in [0.29, 0.717) is 18.2 Å². The molecule has 4 rings (SSSR count). The number of phenolic OH excluding ortho intramolecular Hbond substituents is 1. The Balaban J connectivity index is 1.42. The molecule has 0 aliphatic carbocycles. The van der Waals surface area contributed by atoms with E-state index in [4.69, 9.17) is 4.74 Å². The number of para-hydroxylation sites is 1. The highest BCUT2D eigenvalue weighted by Gasteiger charge is 2.26. The van der Waals surface area contributed by atoms with Crippen LogP contribution < -0.4 is 4.74 Å². The molecular formula is C23H28N4O2S. The van der Waals surface area contributed by atoms with Gasteiger partial charge >= 0.3 is 0 Å². The molecule has 0 bridgehead atoms. The second kappa shape index (κ2) is 9.53. The zero-order valence-corrected chi connectivity index (χ0v) is 18.3. The van der Waals surface area contributed by atoms with Crippen LogP contribution in [0.25, 0.3) is 0 Å². The number of benzene rings is 2. The summed E-state index contributed by atoms with van der Waals surface area (Å²) in [5.74, 6) is 3.04. The molecule has 0 saturated carbocycles. The van der Waals surface area contributed by atoms with Crippen LogP contribution in [0.1, 0.15) is 35.7 Å². The average molecular weight is 425 g/mol. The predicted molar refractivity (Wildman–Crippen MR) is 119 cm³/mol. The van der Waals surface area contributed by atoms with E-state index >= 15 is 0 Å². The monoisotopic (exact) mass is 424 g/mol. The second-order valence-electron chi connectivity index (χ2n) is 7.72. The number of likely N-dealkylation sites (tertiary alicyclic amines) is 1. The van der Waals surface area contributed by atoms with Crippen LogP contribution in [0.4, 0.5) is 0 Å². The van der Waals surface area contributed by atoms with Crippen LogP contribution in [0.2, 0.25) is 0 Å². The van der Waals surface area contributed by atoms with Gasteiger partial charge in [-0.1, -0.05) is 54.2 Å². The fraction of sp³-hybridized carbons (Fsp3) is 0.391. The van der Waals surface area contributed by atoms with Crippen molar-refractivity contribution < 1.29 is 9.84 Å². The van der Waals surface area contributed by atoms with Crippen LogP contribution in [0.15, 0.2) is 53.7 Å². The summed E-state index contributed by atoms with van der Waals surface area (Å²) in [7, 11) is 3.65. The highest BCUT2D eigenvalue weighted by molar-refractivity contribution is 7.98. The van der Waals surface area contributed by atoms with Gasteiger partial charge in [0.25, 0.3) is 0 Å². The molecule has 2 aromatic carbocycles. The molecule has 158 valence electrons. The number of nitrogens with zero attached hydrogens (tertiary/aromatic N) is 4. The van der Waals surface area contributed by atoms with Gasteiger partial charge in [0, 0.05) is 37.4 Å². The first-order chi connectivity index (χ1) is 14.7. The Labute approximate surface area is 181 Å². The van der Waals surface area contributed by atoms with E-state index in [1.165, 1.54) is 5.56 Å². The van der Waals surface area contributed by atoms with Crippen molar-refractivity contribution in [2.75, 3.05) is 20.2 Å². The van der Waals surface area contributed by atoms with Crippen molar-refractivity contribution >= 4 is 11.8 Å². The number of piperidine rings is 1. The maximum Gasteiger partial charge on any atom is 0.191 e. The SMILES string of the molecule is COc1cccc(CN2CCCC(c3nnc(SCc4ccccc4)n3C)C2)c1O. The number of hydrogen-bond donors (Lipinski definition) is 1. The fourth-order valence-electron chi connectivity index (χ4n) is 4.04. The van der Waals surface area contributed by atoms with E-state index in [0.717, 1.165) is 48.2 Å². The maximum absolute atomic E-state index is 10.4. The summed E-state index contributed by atoms with van der Waals surface area (Å²) in [5.41, 5.74) is 2.18. The third-order valence-corrected chi connectivity index (χ3v) is 6.74. The van der Waals surface area contributed by atoms with Gasteiger partial charge < -0.3 is 14.4 Å². The molecule has 1 aromatic heterocycles. The second-order valence-corrected chi connectivity index (χ2v) is 8.66. The molecule has 0 amide bonds. The van der Waals surface area contributed by atoms with Crippen LogP contribution in [-0.4, -0.2) is 45.0 Å². The smallest absolute Gasteiger partial charge is 0.191 e. The lowest BCUT2D eigenvalue weighted by Crippen LogP contribution is -2.34. The number of rotatable bonds is 7. The molecule has 1 N–H and O–H groups in total. The molecular weight excluding hydrogens is 396 g/mol. The minimum atomic E-state index is 0.236. The highest BCUT2D eigenvalue weighted by atomic mass is 32.2. The summed E-state index contributed by atoms with van der Waals surface area (Å²) in [6, 6.07) is 16.1. The minimum absolute atomic E-state index is 0.236. The molecule has 0 spiro atoms. The predicted octanol–water partition coefficient (Wildman–Crippen LogP) is 4.20. The maximum atomic E-state index is 10.4. The number of phenols is 1. The molecule has 1 unspecified atom stereocenters. The van der Waals surface area contributed by atoms with Gasteiger partial charge in [0.05, 0.1) is 7.11 Å². The molecule has 1 fully saturated rings. The van der Waals surface area contributed by atoms with Crippen LogP contribution in [0.5, 0.6) is 11.5 Å². The molecule has 1 saturated heterocycles. The van der Waals surface area contributed by atoms with Crippen molar-refractivity contribution in [1.29, 1.82) is 0 Å². The van der Waals surface area contributed by atoms with Crippen molar-refractivity contribution in [2.45, 2.75) is 36.2 Å². The van der Waals surface area contributed by atoms with Gasteiger partial charge in [0.1, 0.15) is 5.82 Å². The lowest BCUT2D eigenvalue weighted by Gasteiger charge is -2.32. The third kappa shape index (κ3) is 4.63. The van der Waals surface area contributed by atoms with Crippen molar-refractivity contribution in [3.8, 4) is 11.5 Å². The Hall–Kier alpha value is -2.51. The quantitative estimate of drug-likeness (QED) is 0.574. The molecule has 3 aromatic rings. The summed E-state index contributed by atoms with van der Waals surface area (Å²) in [6.45, 7) is 2.62. The summed E-state index contributed by atoms with van der Waals surface area (Å²) in [6.07, 6.45) is 2.21. The van der Waals surface area contributed by atoms with Gasteiger partial charge in [-0.15, -0.1) is 10.2 Å². The molecule has 30 heavy (non-hydrogen) atoms. The Bertz CT molecular complexity index is 977. The first-order valence-corrected chi connectivity index (χ1v) is 11.3. The number of ether oxygens (including phenoxy) is 1. The van der Waals surface area contributed by atoms with Crippen LogP contribution in [0.3, 0.4) is 0 Å². The van der Waals surface area contributed by atoms with Gasteiger partial charge in [-0.05, 0) is 31.0 Å². The minimum Gasteiger partial charge on any atom is -0.504 e. The Morgan fingerprint density at radius 1 is 1.13 bits per heavy atom. The van der Waals surface area contributed by atoms with Crippen molar-refractivity contribution in [2.24, 2.45) is 7.05 Å². The summed E-state index contributed by atoms with van der Waals surface area (Å²) in [5, 5.41) is 20.4. The summed E-state index contributed by atoms with van der Waals surface area (Å²) < 4.78 is 7.39. The number of hydrogen-bond acceptors (Lipinski definition) is 6. The number of methoxy groups -OCH3 is 1. The summed E-state index contributed by atoms with van der Waals surface area (Å²) >= 11 is 1.72. The zero-order chi connectivity index (χ0) is 20.9. The Kier molecular flexibility index (Phi) is 6.59. The summed E-state index contributed by atoms with van der Waals surface area (Å²) in [4.78, 5) is 2.38. The van der Waals surface area contributed by atoms with E-state index in [1.807, 2.05) is 18.2 Å². The van der Waals surface area contributed by atoms with Crippen LogP contribution in [-0.2, 0) is 19.3 Å². The van der Waals surface area contributed by atoms with Crippen LogP contribution >= 0.6 is 11.8 Å². The standard InChI is InChI=1S/C23H28N4O2S/c1-26-22(24-25-23(26)30-16-17-8-4-3-5-9-17)19-11-7-13-27(15-19)14-18-10-6-12-20(29-2)21(18)28/h3-6,8-10,12,19,28H,7,11,13-16H2,1-2H3. The third-order valence-electron chi connectivity index (χ3n) is 5.65. The molecule has 1 aliphatic rings. The Morgan fingerprint density at radius 3 is 2.77 bits per heavy atom. The number of thioether (sulfide) groups is 1. The van der Waals surface area contributed by atoms with Gasteiger partial charge in [-0.3, -0.25) is 4.90 Å². The molecule has 1 aliphatic heterocycles. The van der Waals surface area contributed by atoms with E-state index in [9.17, 15) is 5.11 Å². The lowest BCUT2D eigenvalue weighted by molar-refractivity contribution is 0.192. The fourth-order valence-corrected chi connectivity index (χ4v) is 4.91. The van der Waals surface area contributed by atoms with Crippen molar-refractivity contribution in [3.63, 3.8) is 0 Å².